The lowest BCUT2D eigenvalue weighted by Crippen LogP contribution is -2.25. The van der Waals surface area contributed by atoms with E-state index in [1.165, 1.54) is 35.6 Å². The fourth-order valence-electron chi connectivity index (χ4n) is 3.05. The van der Waals surface area contributed by atoms with E-state index < -0.39 is 0 Å². The van der Waals surface area contributed by atoms with Gasteiger partial charge in [0.05, 0.1) is 5.01 Å². The lowest BCUT2D eigenvalue weighted by molar-refractivity contribution is 0.169. The summed E-state index contributed by atoms with van der Waals surface area (Å²) in [7, 11) is 0. The van der Waals surface area contributed by atoms with Crippen LogP contribution in [-0.2, 0) is 6.54 Å². The molecule has 1 aliphatic carbocycles. The Morgan fingerprint density at radius 1 is 1.26 bits per heavy atom. The van der Waals surface area contributed by atoms with Gasteiger partial charge in [-0.2, -0.15) is 0 Å². The van der Waals surface area contributed by atoms with Crippen molar-refractivity contribution in [2.45, 2.75) is 65.8 Å². The Kier molecular flexibility index (Phi) is 5.02. The summed E-state index contributed by atoms with van der Waals surface area (Å²) >= 11 is 1.91. The highest BCUT2D eigenvalue weighted by Crippen LogP contribution is 2.43. The average Bonchev–Trinajstić information content (AvgIpc) is 2.84. The zero-order valence-corrected chi connectivity index (χ0v) is 13.6. The first-order chi connectivity index (χ1) is 9.00. The zero-order chi connectivity index (χ0) is 13.9. The predicted molar refractivity (Wildman–Crippen MR) is 83.6 cm³/mol. The quantitative estimate of drug-likeness (QED) is 0.873. The van der Waals surface area contributed by atoms with Crippen LogP contribution < -0.4 is 5.32 Å². The normalized spacial score (nSPS) is 24.6. The van der Waals surface area contributed by atoms with Crippen molar-refractivity contribution < 1.29 is 0 Å². The van der Waals surface area contributed by atoms with Gasteiger partial charge in [0, 0.05) is 23.5 Å². The Balaban J connectivity index is 1.89. The first kappa shape index (κ1) is 15.0. The topological polar surface area (TPSA) is 24.9 Å². The summed E-state index contributed by atoms with van der Waals surface area (Å²) in [4.78, 5) is 6.04. The minimum Gasteiger partial charge on any atom is -0.312 e. The summed E-state index contributed by atoms with van der Waals surface area (Å²) in [5.74, 6) is 1.61. The molecule has 2 rings (SSSR count). The molecule has 0 bridgehead atoms. The molecular formula is C16H28N2S. The van der Waals surface area contributed by atoms with Gasteiger partial charge in [-0.05, 0) is 43.6 Å². The minimum absolute atomic E-state index is 0.476. The van der Waals surface area contributed by atoms with Crippen LogP contribution in [0.4, 0.5) is 0 Å². The number of hydrogen-bond acceptors (Lipinski definition) is 3. The van der Waals surface area contributed by atoms with Crippen molar-refractivity contribution in [3.8, 4) is 0 Å². The van der Waals surface area contributed by atoms with Crippen LogP contribution in [0, 0.1) is 11.3 Å². The molecule has 0 unspecified atom stereocenters. The van der Waals surface area contributed by atoms with Crippen LogP contribution >= 0.6 is 11.3 Å². The van der Waals surface area contributed by atoms with Gasteiger partial charge in [0.2, 0.25) is 0 Å². The van der Waals surface area contributed by atoms with Crippen molar-refractivity contribution in [1.82, 2.24) is 10.3 Å². The molecule has 0 radical (unpaired) electrons. The highest BCUT2D eigenvalue weighted by Gasteiger charge is 2.31. The van der Waals surface area contributed by atoms with Gasteiger partial charge in [-0.15, -0.1) is 11.3 Å². The Morgan fingerprint density at radius 3 is 2.53 bits per heavy atom. The van der Waals surface area contributed by atoms with Crippen LogP contribution in [-0.4, -0.2) is 11.5 Å². The SMILES string of the molecule is CCNCc1cnc(C2CCC(C(C)(C)C)CC2)s1. The number of rotatable bonds is 4. The Labute approximate surface area is 122 Å². The van der Waals surface area contributed by atoms with Gasteiger partial charge in [-0.1, -0.05) is 27.7 Å². The molecule has 1 saturated carbocycles. The van der Waals surface area contributed by atoms with Crippen molar-refractivity contribution in [2.75, 3.05) is 6.54 Å². The fraction of sp³-hybridized carbons (Fsp3) is 0.812. The number of aromatic nitrogens is 1. The second-order valence-corrected chi connectivity index (χ2v) is 8.01. The van der Waals surface area contributed by atoms with Gasteiger partial charge in [0.1, 0.15) is 0 Å². The molecule has 1 fully saturated rings. The molecule has 3 heteroatoms. The van der Waals surface area contributed by atoms with E-state index in [4.69, 9.17) is 0 Å². The molecule has 108 valence electrons. The van der Waals surface area contributed by atoms with E-state index in [1.807, 2.05) is 11.3 Å². The zero-order valence-electron chi connectivity index (χ0n) is 12.8. The standard InChI is InChI=1S/C16H28N2S/c1-5-17-10-14-11-18-15(19-14)12-6-8-13(9-7-12)16(2,3)4/h11-13,17H,5-10H2,1-4H3. The summed E-state index contributed by atoms with van der Waals surface area (Å²) < 4.78 is 0. The second kappa shape index (κ2) is 6.36. The maximum absolute atomic E-state index is 4.66. The van der Waals surface area contributed by atoms with Crippen molar-refractivity contribution in [1.29, 1.82) is 0 Å². The van der Waals surface area contributed by atoms with Crippen LogP contribution in [0.5, 0.6) is 0 Å². The van der Waals surface area contributed by atoms with Crippen LogP contribution in [0.2, 0.25) is 0 Å². The Morgan fingerprint density at radius 2 is 1.95 bits per heavy atom. The van der Waals surface area contributed by atoms with Crippen LogP contribution in [0.3, 0.4) is 0 Å². The Hall–Kier alpha value is -0.410. The van der Waals surface area contributed by atoms with Crippen molar-refractivity contribution in [3.63, 3.8) is 0 Å². The maximum atomic E-state index is 4.66. The van der Waals surface area contributed by atoms with Crippen molar-refractivity contribution >= 4 is 11.3 Å². The molecule has 1 aromatic heterocycles. The predicted octanol–water partition coefficient (Wildman–Crippen LogP) is 4.57. The smallest absolute Gasteiger partial charge is 0.0959 e. The lowest BCUT2D eigenvalue weighted by Gasteiger charge is -2.36. The van der Waals surface area contributed by atoms with E-state index in [0.717, 1.165) is 24.9 Å². The summed E-state index contributed by atoms with van der Waals surface area (Å²) in [6, 6.07) is 0. The molecule has 1 aliphatic rings. The molecular weight excluding hydrogens is 252 g/mol. The van der Waals surface area contributed by atoms with Crippen LogP contribution in [0.15, 0.2) is 6.20 Å². The third-order valence-electron chi connectivity index (χ3n) is 4.42. The molecule has 19 heavy (non-hydrogen) atoms. The van der Waals surface area contributed by atoms with E-state index in [1.54, 1.807) is 0 Å². The summed E-state index contributed by atoms with van der Waals surface area (Å²) in [6.07, 6.45) is 7.47. The Bertz CT molecular complexity index is 384. The first-order valence-corrected chi connectivity index (χ1v) is 8.47. The van der Waals surface area contributed by atoms with E-state index in [9.17, 15) is 0 Å². The number of hydrogen-bond donors (Lipinski definition) is 1. The largest absolute Gasteiger partial charge is 0.312 e. The third-order valence-corrected chi connectivity index (χ3v) is 5.58. The van der Waals surface area contributed by atoms with Gasteiger partial charge >= 0.3 is 0 Å². The third kappa shape index (κ3) is 4.03. The molecule has 0 spiro atoms. The van der Waals surface area contributed by atoms with Gasteiger partial charge in [0.15, 0.2) is 0 Å². The molecule has 0 aliphatic heterocycles. The number of thiazole rings is 1. The number of nitrogens with zero attached hydrogens (tertiary/aromatic N) is 1. The fourth-order valence-corrected chi connectivity index (χ4v) is 4.10. The van der Waals surface area contributed by atoms with E-state index in [-0.39, 0.29) is 0 Å². The average molecular weight is 280 g/mol. The molecule has 1 heterocycles. The highest BCUT2D eigenvalue weighted by molar-refractivity contribution is 7.11. The highest BCUT2D eigenvalue weighted by atomic mass is 32.1. The van der Waals surface area contributed by atoms with Gasteiger partial charge < -0.3 is 5.32 Å². The molecule has 1 aromatic rings. The molecule has 1 N–H and O–H groups in total. The van der Waals surface area contributed by atoms with E-state index in [0.29, 0.717) is 5.41 Å². The van der Waals surface area contributed by atoms with Crippen molar-refractivity contribution in [2.24, 2.45) is 11.3 Å². The molecule has 0 amide bonds. The monoisotopic (exact) mass is 280 g/mol. The molecule has 0 aromatic carbocycles. The van der Waals surface area contributed by atoms with Gasteiger partial charge in [-0.3, -0.25) is 0 Å². The minimum atomic E-state index is 0.476. The maximum Gasteiger partial charge on any atom is 0.0959 e. The van der Waals surface area contributed by atoms with Gasteiger partial charge in [0.25, 0.3) is 0 Å². The van der Waals surface area contributed by atoms with E-state index in [2.05, 4.69) is 44.2 Å². The van der Waals surface area contributed by atoms with Crippen LogP contribution in [0.1, 0.15) is 69.2 Å². The summed E-state index contributed by atoms with van der Waals surface area (Å²) in [5.41, 5.74) is 0.476. The van der Waals surface area contributed by atoms with E-state index >= 15 is 0 Å². The van der Waals surface area contributed by atoms with Crippen molar-refractivity contribution in [3.05, 3.63) is 16.1 Å². The lowest BCUT2D eigenvalue weighted by atomic mass is 9.70. The molecule has 0 saturated heterocycles. The summed E-state index contributed by atoms with van der Waals surface area (Å²) in [6.45, 7) is 11.3. The second-order valence-electron chi connectivity index (χ2n) is 6.86. The summed E-state index contributed by atoms with van der Waals surface area (Å²) in [5, 5.41) is 4.75. The number of nitrogens with one attached hydrogen (secondary N) is 1. The van der Waals surface area contributed by atoms with Gasteiger partial charge in [-0.25, -0.2) is 4.98 Å². The molecule has 0 atom stereocenters. The van der Waals surface area contributed by atoms with Crippen LogP contribution in [0.25, 0.3) is 0 Å². The molecule has 2 nitrogen and oxygen atoms in total. The first-order valence-electron chi connectivity index (χ1n) is 7.66.